The summed E-state index contributed by atoms with van der Waals surface area (Å²) in [6.07, 6.45) is 8.45. The number of esters is 1. The summed E-state index contributed by atoms with van der Waals surface area (Å²) in [5.41, 5.74) is 0. The van der Waals surface area contributed by atoms with Gasteiger partial charge in [0.1, 0.15) is 0 Å². The molecule has 16 heavy (non-hydrogen) atoms. The Labute approximate surface area is 94.6 Å². The quantitative estimate of drug-likeness (QED) is 0.451. The van der Waals surface area contributed by atoms with Gasteiger partial charge < -0.3 is 9.84 Å². The number of carbonyl (C=O) groups excluding carboxylic acids is 1. The van der Waals surface area contributed by atoms with Gasteiger partial charge in [0.25, 0.3) is 0 Å². The topological polar surface area (TPSA) is 63.6 Å². The van der Waals surface area contributed by atoms with Crippen molar-refractivity contribution in [3.8, 4) is 0 Å². The average molecular weight is 224 g/mol. The van der Waals surface area contributed by atoms with Crippen molar-refractivity contribution < 1.29 is 19.4 Å². The Morgan fingerprint density at radius 1 is 1.56 bits per heavy atom. The summed E-state index contributed by atoms with van der Waals surface area (Å²) in [5, 5.41) is 8.97. The Morgan fingerprint density at radius 2 is 2.31 bits per heavy atom. The Kier molecular flexibility index (Phi) is 4.76. The van der Waals surface area contributed by atoms with Crippen molar-refractivity contribution in [1.29, 1.82) is 0 Å². The van der Waals surface area contributed by atoms with Gasteiger partial charge in [-0.2, -0.15) is 0 Å². The summed E-state index contributed by atoms with van der Waals surface area (Å²) in [6, 6.07) is 0. The van der Waals surface area contributed by atoms with E-state index in [1.807, 2.05) is 13.0 Å². The van der Waals surface area contributed by atoms with Gasteiger partial charge in [-0.25, -0.2) is 0 Å². The minimum atomic E-state index is -0.939. The summed E-state index contributed by atoms with van der Waals surface area (Å²) in [6.45, 7) is 1.92. The molecule has 0 aromatic rings. The molecule has 0 radical (unpaired) electrons. The molecule has 0 aromatic carbocycles. The number of carbonyl (C=O) groups is 2. The highest BCUT2D eigenvalue weighted by Gasteiger charge is 2.34. The average Bonchev–Trinajstić information content (AvgIpc) is 2.29. The van der Waals surface area contributed by atoms with Gasteiger partial charge in [-0.15, -0.1) is 0 Å². The van der Waals surface area contributed by atoms with Crippen molar-refractivity contribution in [2.45, 2.75) is 26.2 Å². The molecule has 1 aliphatic rings. The van der Waals surface area contributed by atoms with Gasteiger partial charge in [0.05, 0.1) is 18.1 Å². The van der Waals surface area contributed by atoms with Crippen LogP contribution in [0.25, 0.3) is 0 Å². The number of aliphatic carboxylic acids is 1. The van der Waals surface area contributed by atoms with E-state index in [1.54, 1.807) is 12.2 Å². The monoisotopic (exact) mass is 224 g/mol. The first-order valence-electron chi connectivity index (χ1n) is 5.41. The maximum absolute atomic E-state index is 11.6. The predicted molar refractivity (Wildman–Crippen MR) is 58.5 cm³/mol. The van der Waals surface area contributed by atoms with E-state index < -0.39 is 23.8 Å². The second-order valence-corrected chi connectivity index (χ2v) is 3.69. The first kappa shape index (κ1) is 12.5. The fourth-order valence-electron chi connectivity index (χ4n) is 1.64. The van der Waals surface area contributed by atoms with E-state index >= 15 is 0 Å². The Bertz CT molecular complexity index is 317. The summed E-state index contributed by atoms with van der Waals surface area (Å²) in [7, 11) is 0. The van der Waals surface area contributed by atoms with Crippen LogP contribution >= 0.6 is 0 Å². The molecule has 4 nitrogen and oxygen atoms in total. The molecule has 2 atom stereocenters. The van der Waals surface area contributed by atoms with Crippen LogP contribution in [0.5, 0.6) is 0 Å². The number of allylic oxidation sites excluding steroid dienone is 2. The third-order valence-electron chi connectivity index (χ3n) is 2.53. The van der Waals surface area contributed by atoms with Crippen molar-refractivity contribution in [1.82, 2.24) is 0 Å². The Hall–Kier alpha value is -1.58. The predicted octanol–water partition coefficient (Wildman–Crippen LogP) is 2.12. The minimum absolute atomic E-state index is 0.489. The van der Waals surface area contributed by atoms with E-state index in [2.05, 4.69) is 0 Å². The third kappa shape index (κ3) is 3.22. The van der Waals surface area contributed by atoms with E-state index in [0.717, 1.165) is 6.42 Å². The van der Waals surface area contributed by atoms with Crippen LogP contribution in [0.15, 0.2) is 24.5 Å². The van der Waals surface area contributed by atoms with Crippen LogP contribution in [0.3, 0.4) is 0 Å². The number of hydrogen-bond acceptors (Lipinski definition) is 3. The molecule has 0 aromatic heterocycles. The summed E-state index contributed by atoms with van der Waals surface area (Å²) in [5.74, 6) is -2.75. The Morgan fingerprint density at radius 3 is 2.94 bits per heavy atom. The van der Waals surface area contributed by atoms with Crippen molar-refractivity contribution >= 4 is 11.9 Å². The van der Waals surface area contributed by atoms with Crippen molar-refractivity contribution in [2.24, 2.45) is 11.8 Å². The van der Waals surface area contributed by atoms with Gasteiger partial charge in [0.2, 0.25) is 0 Å². The molecule has 2 unspecified atom stereocenters. The maximum Gasteiger partial charge on any atom is 0.318 e. The summed E-state index contributed by atoms with van der Waals surface area (Å²) < 4.78 is 4.87. The van der Waals surface area contributed by atoms with Crippen LogP contribution in [-0.2, 0) is 14.3 Å². The molecule has 0 fully saturated rings. The molecule has 0 amide bonds. The molecule has 0 saturated heterocycles. The molecular weight excluding hydrogens is 208 g/mol. The molecule has 0 bridgehead atoms. The van der Waals surface area contributed by atoms with Crippen molar-refractivity contribution in [3.63, 3.8) is 0 Å². The molecule has 0 spiro atoms. The number of carboxylic acids is 1. The maximum atomic E-state index is 11.6. The van der Waals surface area contributed by atoms with Crippen molar-refractivity contribution in [2.75, 3.05) is 0 Å². The molecule has 0 heterocycles. The minimum Gasteiger partial charge on any atom is -0.481 e. The van der Waals surface area contributed by atoms with Crippen LogP contribution < -0.4 is 0 Å². The zero-order chi connectivity index (χ0) is 12.0. The van der Waals surface area contributed by atoms with Crippen molar-refractivity contribution in [3.05, 3.63) is 24.5 Å². The van der Waals surface area contributed by atoms with E-state index in [1.165, 1.54) is 6.26 Å². The number of rotatable bonds is 4. The largest absolute Gasteiger partial charge is 0.481 e. The SMILES string of the molecule is CCC=COC(=O)C1C=CCCC1C(=O)O. The van der Waals surface area contributed by atoms with Gasteiger partial charge in [-0.3, -0.25) is 9.59 Å². The lowest BCUT2D eigenvalue weighted by molar-refractivity contribution is -0.152. The Balaban J connectivity index is 2.64. The lowest BCUT2D eigenvalue weighted by Crippen LogP contribution is -2.30. The second kappa shape index (κ2) is 6.10. The summed E-state index contributed by atoms with van der Waals surface area (Å²) >= 11 is 0. The standard InChI is InChI=1S/C12H16O4/c1-2-3-8-16-12(15)10-7-5-4-6-9(10)11(13)14/h3,5,7-10H,2,4,6H2,1H3,(H,13,14). The van der Waals surface area contributed by atoms with E-state index in [-0.39, 0.29) is 0 Å². The van der Waals surface area contributed by atoms with Crippen LogP contribution in [0.1, 0.15) is 26.2 Å². The molecule has 1 rings (SSSR count). The third-order valence-corrected chi connectivity index (χ3v) is 2.53. The van der Waals surface area contributed by atoms with E-state index in [0.29, 0.717) is 12.8 Å². The van der Waals surface area contributed by atoms with Crippen LogP contribution in [0.4, 0.5) is 0 Å². The smallest absolute Gasteiger partial charge is 0.318 e. The fraction of sp³-hybridized carbons (Fsp3) is 0.500. The second-order valence-electron chi connectivity index (χ2n) is 3.69. The highest BCUT2D eigenvalue weighted by atomic mass is 16.5. The van der Waals surface area contributed by atoms with Crippen LogP contribution in [0.2, 0.25) is 0 Å². The van der Waals surface area contributed by atoms with Gasteiger partial charge in [0, 0.05) is 0 Å². The molecule has 1 N–H and O–H groups in total. The van der Waals surface area contributed by atoms with Gasteiger partial charge in [-0.1, -0.05) is 19.1 Å². The van der Waals surface area contributed by atoms with Gasteiger partial charge in [-0.05, 0) is 25.3 Å². The molecule has 0 saturated carbocycles. The number of carboxylic acid groups (broad SMARTS) is 1. The highest BCUT2D eigenvalue weighted by molar-refractivity contribution is 5.83. The summed E-state index contributed by atoms with van der Waals surface area (Å²) in [4.78, 5) is 22.5. The van der Waals surface area contributed by atoms with Gasteiger partial charge >= 0.3 is 11.9 Å². The first-order chi connectivity index (χ1) is 7.66. The molecule has 0 aliphatic heterocycles. The lowest BCUT2D eigenvalue weighted by Gasteiger charge is -2.21. The van der Waals surface area contributed by atoms with E-state index in [9.17, 15) is 9.59 Å². The normalized spacial score (nSPS) is 24.6. The zero-order valence-corrected chi connectivity index (χ0v) is 9.26. The fourth-order valence-corrected chi connectivity index (χ4v) is 1.64. The van der Waals surface area contributed by atoms with Crippen LogP contribution in [-0.4, -0.2) is 17.0 Å². The zero-order valence-electron chi connectivity index (χ0n) is 9.26. The lowest BCUT2D eigenvalue weighted by atomic mass is 9.84. The van der Waals surface area contributed by atoms with E-state index in [4.69, 9.17) is 9.84 Å². The number of hydrogen-bond donors (Lipinski definition) is 1. The first-order valence-corrected chi connectivity index (χ1v) is 5.41. The molecule has 88 valence electrons. The molecule has 4 heteroatoms. The molecule has 1 aliphatic carbocycles. The highest BCUT2D eigenvalue weighted by Crippen LogP contribution is 2.26. The van der Waals surface area contributed by atoms with Gasteiger partial charge in [0.15, 0.2) is 0 Å². The molecular formula is C12H16O4. The number of ether oxygens (including phenoxy) is 1. The van der Waals surface area contributed by atoms with Crippen LogP contribution in [0, 0.1) is 11.8 Å².